The van der Waals surface area contributed by atoms with Gasteiger partial charge in [-0.2, -0.15) is 0 Å². The van der Waals surface area contributed by atoms with Gasteiger partial charge in [-0.05, 0) is 42.3 Å². The number of fused-ring (bicyclic) bond motifs is 1. The number of hydrogen-bond donors (Lipinski definition) is 2. The average molecular weight is 398 g/mol. The Morgan fingerprint density at radius 3 is 2.70 bits per heavy atom. The van der Waals surface area contributed by atoms with E-state index in [1.54, 1.807) is 31.8 Å². The van der Waals surface area contributed by atoms with Crippen LogP contribution >= 0.6 is 0 Å². The van der Waals surface area contributed by atoms with E-state index < -0.39 is 0 Å². The average Bonchev–Trinajstić information content (AvgIpc) is 2.80. The highest BCUT2D eigenvalue weighted by molar-refractivity contribution is 6.08. The summed E-state index contributed by atoms with van der Waals surface area (Å²) in [6.07, 6.45) is 5.84. The maximum absolute atomic E-state index is 12.7. The lowest BCUT2D eigenvalue weighted by Gasteiger charge is -2.10. The van der Waals surface area contributed by atoms with Gasteiger partial charge in [0.15, 0.2) is 0 Å². The Hall–Kier alpha value is -3.93. The van der Waals surface area contributed by atoms with Gasteiger partial charge in [-0.15, -0.1) is 0 Å². The van der Waals surface area contributed by atoms with E-state index in [4.69, 9.17) is 4.74 Å². The molecule has 0 fully saturated rings. The first-order chi connectivity index (χ1) is 14.7. The highest BCUT2D eigenvalue weighted by Crippen LogP contribution is 2.21. The quantitative estimate of drug-likeness (QED) is 0.478. The summed E-state index contributed by atoms with van der Waals surface area (Å²) < 4.78 is 5.18. The zero-order valence-corrected chi connectivity index (χ0v) is 16.6. The fourth-order valence-corrected chi connectivity index (χ4v) is 3.20. The van der Waals surface area contributed by atoms with Crippen molar-refractivity contribution < 1.29 is 9.53 Å². The predicted octanol–water partition coefficient (Wildman–Crippen LogP) is 4.55. The summed E-state index contributed by atoms with van der Waals surface area (Å²) in [5.41, 5.74) is 3.92. The van der Waals surface area contributed by atoms with Crippen LogP contribution in [0.5, 0.6) is 5.75 Å². The lowest BCUT2D eigenvalue weighted by molar-refractivity contribution is 0.102. The van der Waals surface area contributed by atoms with Gasteiger partial charge < -0.3 is 15.4 Å². The molecule has 0 bridgehead atoms. The number of pyridine rings is 2. The highest BCUT2D eigenvalue weighted by Gasteiger charge is 2.10. The van der Waals surface area contributed by atoms with Crippen LogP contribution in [0.3, 0.4) is 0 Å². The molecule has 0 aliphatic heterocycles. The number of amides is 1. The fraction of sp³-hybridized carbons (Fsp3) is 0.125. The number of carbonyl (C=O) groups excluding carboxylic acids is 1. The molecule has 0 unspecified atom stereocenters. The molecule has 2 heterocycles. The third-order valence-electron chi connectivity index (χ3n) is 4.78. The summed E-state index contributed by atoms with van der Waals surface area (Å²) in [6.45, 7) is 0.728. The number of benzene rings is 2. The zero-order chi connectivity index (χ0) is 20.8. The minimum absolute atomic E-state index is 0.223. The van der Waals surface area contributed by atoms with Crippen molar-refractivity contribution in [3.8, 4) is 5.75 Å². The summed E-state index contributed by atoms with van der Waals surface area (Å²) in [7, 11) is 1.66. The molecule has 0 aliphatic carbocycles. The number of methoxy groups -OCH3 is 1. The monoisotopic (exact) mass is 398 g/mol. The Morgan fingerprint density at radius 1 is 1.03 bits per heavy atom. The van der Waals surface area contributed by atoms with E-state index in [2.05, 4.69) is 20.6 Å². The van der Waals surface area contributed by atoms with Crippen molar-refractivity contribution in [1.29, 1.82) is 0 Å². The normalized spacial score (nSPS) is 10.6. The Kier molecular flexibility index (Phi) is 5.85. The molecular weight excluding hydrogens is 376 g/mol. The van der Waals surface area contributed by atoms with E-state index in [1.165, 1.54) is 5.56 Å². The van der Waals surface area contributed by atoms with Crippen LogP contribution in [0.15, 0.2) is 79.3 Å². The smallest absolute Gasteiger partial charge is 0.257 e. The topological polar surface area (TPSA) is 76.1 Å². The van der Waals surface area contributed by atoms with Gasteiger partial charge in [0.05, 0.1) is 29.6 Å². The van der Waals surface area contributed by atoms with Gasteiger partial charge in [0, 0.05) is 30.5 Å². The number of nitrogens with zero attached hydrogens (tertiary/aromatic N) is 2. The largest absolute Gasteiger partial charge is 0.497 e. The van der Waals surface area contributed by atoms with Crippen molar-refractivity contribution in [1.82, 2.24) is 9.97 Å². The van der Waals surface area contributed by atoms with Gasteiger partial charge in [-0.1, -0.05) is 30.3 Å². The number of carbonyl (C=O) groups is 1. The number of rotatable bonds is 7. The van der Waals surface area contributed by atoms with Crippen molar-refractivity contribution in [3.05, 3.63) is 90.4 Å². The van der Waals surface area contributed by atoms with Crippen molar-refractivity contribution in [2.24, 2.45) is 0 Å². The van der Waals surface area contributed by atoms with Crippen molar-refractivity contribution in [3.63, 3.8) is 0 Å². The van der Waals surface area contributed by atoms with Gasteiger partial charge in [-0.25, -0.2) is 0 Å². The number of anilines is 2. The molecular formula is C24H22N4O2. The highest BCUT2D eigenvalue weighted by atomic mass is 16.5. The first-order valence-electron chi connectivity index (χ1n) is 9.70. The molecule has 0 spiro atoms. The Bertz CT molecular complexity index is 1150. The van der Waals surface area contributed by atoms with Crippen LogP contribution < -0.4 is 15.4 Å². The zero-order valence-electron chi connectivity index (χ0n) is 16.6. The number of hydrogen-bond acceptors (Lipinski definition) is 5. The maximum Gasteiger partial charge on any atom is 0.257 e. The fourth-order valence-electron chi connectivity index (χ4n) is 3.20. The molecule has 4 rings (SSSR count). The summed E-state index contributed by atoms with van der Waals surface area (Å²) in [5.74, 6) is 0.621. The molecule has 6 heteroatoms. The third-order valence-corrected chi connectivity index (χ3v) is 4.78. The van der Waals surface area contributed by atoms with Crippen molar-refractivity contribution in [2.75, 3.05) is 24.3 Å². The van der Waals surface area contributed by atoms with Gasteiger partial charge in [0.25, 0.3) is 5.91 Å². The second-order valence-electron chi connectivity index (χ2n) is 6.82. The first-order valence-corrected chi connectivity index (χ1v) is 9.70. The Morgan fingerprint density at radius 2 is 1.87 bits per heavy atom. The molecule has 30 heavy (non-hydrogen) atoms. The maximum atomic E-state index is 12.7. The van der Waals surface area contributed by atoms with Crippen LogP contribution in [0, 0.1) is 0 Å². The van der Waals surface area contributed by atoms with E-state index in [1.807, 2.05) is 54.6 Å². The standard InChI is InChI=1S/C24H22N4O2/c1-30-21-9-7-17(8-10-21)11-13-26-20-14-19(15-25-16-20)24(29)28-22-6-2-4-18-5-3-12-27-23(18)22/h2-10,12,14-16,26H,11,13H2,1H3,(H,28,29). The van der Waals surface area contributed by atoms with E-state index >= 15 is 0 Å². The number of para-hydroxylation sites is 1. The van der Waals surface area contributed by atoms with Gasteiger partial charge in [0.2, 0.25) is 0 Å². The van der Waals surface area contributed by atoms with E-state index in [-0.39, 0.29) is 5.91 Å². The Labute approximate surface area is 175 Å². The van der Waals surface area contributed by atoms with Gasteiger partial charge >= 0.3 is 0 Å². The molecule has 0 radical (unpaired) electrons. The molecule has 2 N–H and O–H groups in total. The molecule has 0 atom stereocenters. The van der Waals surface area contributed by atoms with Crippen LogP contribution in [0.1, 0.15) is 15.9 Å². The van der Waals surface area contributed by atoms with Crippen LogP contribution in [0.2, 0.25) is 0 Å². The van der Waals surface area contributed by atoms with Gasteiger partial charge in [-0.3, -0.25) is 14.8 Å². The van der Waals surface area contributed by atoms with Crippen LogP contribution in [-0.4, -0.2) is 29.5 Å². The second kappa shape index (κ2) is 9.05. The minimum atomic E-state index is -0.223. The molecule has 0 aliphatic rings. The van der Waals surface area contributed by atoms with Crippen molar-refractivity contribution >= 4 is 28.2 Å². The molecule has 4 aromatic rings. The van der Waals surface area contributed by atoms with E-state index in [0.29, 0.717) is 11.3 Å². The second-order valence-corrected chi connectivity index (χ2v) is 6.82. The predicted molar refractivity (Wildman–Crippen MR) is 119 cm³/mol. The molecule has 6 nitrogen and oxygen atoms in total. The van der Waals surface area contributed by atoms with Crippen LogP contribution in [-0.2, 0) is 6.42 Å². The van der Waals surface area contributed by atoms with E-state index in [0.717, 1.165) is 35.3 Å². The molecule has 0 saturated heterocycles. The summed E-state index contributed by atoms with van der Waals surface area (Å²) >= 11 is 0. The first kappa shape index (κ1) is 19.4. The minimum Gasteiger partial charge on any atom is -0.497 e. The molecule has 0 saturated carbocycles. The lowest BCUT2D eigenvalue weighted by Crippen LogP contribution is -2.13. The molecule has 1 amide bonds. The SMILES string of the molecule is COc1ccc(CCNc2cncc(C(=O)Nc3cccc4cccnc34)c2)cc1. The summed E-state index contributed by atoms with van der Waals surface area (Å²) in [5, 5.41) is 7.24. The molecule has 2 aromatic heterocycles. The van der Waals surface area contributed by atoms with Gasteiger partial charge in [0.1, 0.15) is 5.75 Å². The third kappa shape index (κ3) is 4.55. The van der Waals surface area contributed by atoms with E-state index in [9.17, 15) is 4.79 Å². The number of ether oxygens (including phenoxy) is 1. The number of aromatic nitrogens is 2. The van der Waals surface area contributed by atoms with Crippen LogP contribution in [0.4, 0.5) is 11.4 Å². The summed E-state index contributed by atoms with van der Waals surface area (Å²) in [6, 6.07) is 19.3. The lowest BCUT2D eigenvalue weighted by atomic mass is 10.1. The molecule has 150 valence electrons. The van der Waals surface area contributed by atoms with Crippen molar-refractivity contribution in [2.45, 2.75) is 6.42 Å². The Balaban J connectivity index is 1.40. The van der Waals surface area contributed by atoms with Crippen LogP contribution in [0.25, 0.3) is 10.9 Å². The molecule has 2 aromatic carbocycles. The number of nitrogens with one attached hydrogen (secondary N) is 2. The summed E-state index contributed by atoms with van der Waals surface area (Å²) in [4.78, 5) is 21.3.